The molecule has 1 aromatic heterocycles. The maximum absolute atomic E-state index is 11.7. The minimum Gasteiger partial charge on any atom is -0.357 e. The normalized spacial score (nSPS) is 15.5. The molecule has 0 unspecified atom stereocenters. The molecule has 156 valence electrons. The Morgan fingerprint density at radius 3 is 2.48 bits per heavy atom. The van der Waals surface area contributed by atoms with E-state index < -0.39 is 0 Å². The summed E-state index contributed by atoms with van der Waals surface area (Å²) in [5.74, 6) is 1.02. The second-order valence-electron chi connectivity index (χ2n) is 7.42. The van der Waals surface area contributed by atoms with Crippen LogP contribution in [0.1, 0.15) is 25.3 Å². The van der Waals surface area contributed by atoms with Gasteiger partial charge in [0.2, 0.25) is 5.56 Å². The summed E-state index contributed by atoms with van der Waals surface area (Å²) in [6.45, 7) is 9.65. The van der Waals surface area contributed by atoms with Crippen molar-refractivity contribution in [3.05, 3.63) is 70.6 Å². The summed E-state index contributed by atoms with van der Waals surface area (Å²) in [5.41, 5.74) is 1.44. The third-order valence-corrected chi connectivity index (χ3v) is 5.22. The van der Waals surface area contributed by atoms with Gasteiger partial charge in [0.1, 0.15) is 0 Å². The number of aliphatic imine (C=N–C) groups is 1. The van der Waals surface area contributed by atoms with E-state index in [2.05, 4.69) is 52.4 Å². The Hall–Kier alpha value is -2.60. The molecule has 0 bridgehead atoms. The third-order valence-electron chi connectivity index (χ3n) is 5.22. The molecule has 0 radical (unpaired) electrons. The number of guanidine groups is 1. The van der Waals surface area contributed by atoms with Crippen molar-refractivity contribution in [1.29, 1.82) is 0 Å². The number of hydrogen-bond donors (Lipinski definition) is 1. The van der Waals surface area contributed by atoms with Gasteiger partial charge in [-0.2, -0.15) is 0 Å². The van der Waals surface area contributed by atoms with Gasteiger partial charge in [-0.3, -0.25) is 14.7 Å². The van der Waals surface area contributed by atoms with Crippen LogP contribution < -0.4 is 10.9 Å². The summed E-state index contributed by atoms with van der Waals surface area (Å²) in [5, 5.41) is 3.44. The van der Waals surface area contributed by atoms with Crippen LogP contribution in [-0.2, 0) is 13.1 Å². The van der Waals surface area contributed by atoms with Gasteiger partial charge in [0.05, 0.1) is 0 Å². The molecule has 3 rings (SSSR count). The van der Waals surface area contributed by atoms with E-state index >= 15 is 0 Å². The first kappa shape index (κ1) is 21.1. The van der Waals surface area contributed by atoms with Gasteiger partial charge in [-0.05, 0) is 31.4 Å². The quantitative estimate of drug-likeness (QED) is 0.424. The summed E-state index contributed by atoms with van der Waals surface area (Å²) in [6, 6.07) is 16.0. The summed E-state index contributed by atoms with van der Waals surface area (Å²) in [7, 11) is 0. The van der Waals surface area contributed by atoms with E-state index in [4.69, 9.17) is 4.99 Å². The number of nitrogens with one attached hydrogen (secondary N) is 1. The molecule has 1 N–H and O–H groups in total. The molecule has 0 spiro atoms. The predicted molar refractivity (Wildman–Crippen MR) is 119 cm³/mol. The van der Waals surface area contributed by atoms with Gasteiger partial charge in [0.15, 0.2) is 5.96 Å². The zero-order valence-corrected chi connectivity index (χ0v) is 17.5. The SMILES string of the molecule is CCNC(=NCCCCn1ccccc1=O)N1CCN(Cc2ccccc2)CC1. The van der Waals surface area contributed by atoms with Gasteiger partial charge in [-0.25, -0.2) is 0 Å². The number of unbranched alkanes of at least 4 members (excludes halogenated alkanes) is 1. The number of hydrogen-bond acceptors (Lipinski definition) is 3. The zero-order chi connectivity index (χ0) is 20.3. The van der Waals surface area contributed by atoms with Crippen LogP contribution in [0.2, 0.25) is 0 Å². The van der Waals surface area contributed by atoms with Gasteiger partial charge in [0, 0.05) is 64.6 Å². The van der Waals surface area contributed by atoms with Crippen molar-refractivity contribution >= 4 is 5.96 Å². The van der Waals surface area contributed by atoms with Gasteiger partial charge >= 0.3 is 0 Å². The molecule has 6 nitrogen and oxygen atoms in total. The fourth-order valence-corrected chi connectivity index (χ4v) is 3.61. The molecule has 2 heterocycles. The Labute approximate surface area is 173 Å². The predicted octanol–water partition coefficient (Wildman–Crippen LogP) is 2.41. The van der Waals surface area contributed by atoms with Crippen molar-refractivity contribution in [2.75, 3.05) is 39.3 Å². The van der Waals surface area contributed by atoms with Gasteiger partial charge < -0.3 is 14.8 Å². The number of aromatic nitrogens is 1. The van der Waals surface area contributed by atoms with Crippen LogP contribution in [0.15, 0.2) is 64.5 Å². The van der Waals surface area contributed by atoms with E-state index in [0.29, 0.717) is 0 Å². The third kappa shape index (κ3) is 6.75. The van der Waals surface area contributed by atoms with Crippen LogP contribution in [0.5, 0.6) is 0 Å². The summed E-state index contributed by atoms with van der Waals surface area (Å²) in [6.07, 6.45) is 3.78. The number of nitrogens with zero attached hydrogens (tertiary/aromatic N) is 4. The highest BCUT2D eigenvalue weighted by Gasteiger charge is 2.19. The van der Waals surface area contributed by atoms with Gasteiger partial charge in [-0.1, -0.05) is 36.4 Å². The maximum Gasteiger partial charge on any atom is 0.250 e. The minimum atomic E-state index is 0.0673. The van der Waals surface area contributed by atoms with Crippen LogP contribution in [0.3, 0.4) is 0 Å². The van der Waals surface area contributed by atoms with Crippen LogP contribution in [0.25, 0.3) is 0 Å². The van der Waals surface area contributed by atoms with Crippen LogP contribution in [-0.4, -0.2) is 59.6 Å². The van der Waals surface area contributed by atoms with Crippen molar-refractivity contribution in [1.82, 2.24) is 19.7 Å². The molecule has 1 aromatic carbocycles. The van der Waals surface area contributed by atoms with Crippen molar-refractivity contribution in [3.63, 3.8) is 0 Å². The molecule has 1 saturated heterocycles. The monoisotopic (exact) mass is 395 g/mol. The Bertz CT molecular complexity index is 809. The Balaban J connectivity index is 1.43. The molecule has 0 atom stereocenters. The standard InChI is InChI=1S/C23H33N5O/c1-2-24-23(25-13-7-9-15-27-14-8-6-12-22(27)29)28-18-16-26(17-19-28)20-21-10-4-3-5-11-21/h3-6,8,10-12,14H,2,7,9,13,15-20H2,1H3,(H,24,25). The van der Waals surface area contributed by atoms with Crippen molar-refractivity contribution < 1.29 is 0 Å². The lowest BCUT2D eigenvalue weighted by atomic mass is 10.2. The Morgan fingerprint density at radius 2 is 1.76 bits per heavy atom. The highest BCUT2D eigenvalue weighted by atomic mass is 16.1. The van der Waals surface area contributed by atoms with E-state index in [9.17, 15) is 4.79 Å². The smallest absolute Gasteiger partial charge is 0.250 e. The Kier molecular flexibility index (Phi) is 8.31. The summed E-state index contributed by atoms with van der Waals surface area (Å²) < 4.78 is 1.76. The number of piperazine rings is 1. The lowest BCUT2D eigenvalue weighted by Crippen LogP contribution is -2.52. The molecule has 6 heteroatoms. The number of pyridine rings is 1. The van der Waals surface area contributed by atoms with Crippen molar-refractivity contribution in [2.24, 2.45) is 4.99 Å². The molecule has 0 aliphatic carbocycles. The molecule has 1 aliphatic heterocycles. The zero-order valence-electron chi connectivity index (χ0n) is 17.5. The van der Waals surface area contributed by atoms with Crippen LogP contribution in [0.4, 0.5) is 0 Å². The molecule has 1 fully saturated rings. The number of aryl methyl sites for hydroxylation is 1. The average molecular weight is 396 g/mol. The van der Waals surface area contributed by atoms with Crippen LogP contribution >= 0.6 is 0 Å². The van der Waals surface area contributed by atoms with E-state index in [-0.39, 0.29) is 5.56 Å². The van der Waals surface area contributed by atoms with Gasteiger partial charge in [0.25, 0.3) is 0 Å². The first-order chi connectivity index (χ1) is 14.3. The fraction of sp³-hybridized carbons (Fsp3) is 0.478. The Morgan fingerprint density at radius 1 is 1.00 bits per heavy atom. The number of rotatable bonds is 8. The first-order valence-corrected chi connectivity index (χ1v) is 10.7. The number of benzene rings is 1. The molecule has 0 amide bonds. The lowest BCUT2D eigenvalue weighted by Gasteiger charge is -2.36. The summed E-state index contributed by atoms with van der Waals surface area (Å²) in [4.78, 5) is 21.4. The highest BCUT2D eigenvalue weighted by molar-refractivity contribution is 5.80. The second kappa shape index (κ2) is 11.4. The highest BCUT2D eigenvalue weighted by Crippen LogP contribution is 2.09. The molecule has 1 aliphatic rings. The van der Waals surface area contributed by atoms with E-state index in [1.807, 2.05) is 12.3 Å². The van der Waals surface area contributed by atoms with E-state index in [1.165, 1.54) is 5.56 Å². The van der Waals surface area contributed by atoms with Crippen LogP contribution in [0, 0.1) is 0 Å². The molecular weight excluding hydrogens is 362 g/mol. The first-order valence-electron chi connectivity index (χ1n) is 10.7. The molecule has 2 aromatic rings. The van der Waals surface area contributed by atoms with Crippen molar-refractivity contribution in [3.8, 4) is 0 Å². The molecule has 0 saturated carbocycles. The largest absolute Gasteiger partial charge is 0.357 e. The average Bonchev–Trinajstić information content (AvgIpc) is 2.75. The topological polar surface area (TPSA) is 52.9 Å². The van der Waals surface area contributed by atoms with Gasteiger partial charge in [-0.15, -0.1) is 0 Å². The minimum absolute atomic E-state index is 0.0673. The maximum atomic E-state index is 11.7. The fourth-order valence-electron chi connectivity index (χ4n) is 3.61. The molecular formula is C23H33N5O. The lowest BCUT2D eigenvalue weighted by molar-refractivity contribution is 0.172. The molecule has 29 heavy (non-hydrogen) atoms. The van der Waals surface area contributed by atoms with Crippen molar-refractivity contribution in [2.45, 2.75) is 32.9 Å². The summed E-state index contributed by atoms with van der Waals surface area (Å²) >= 11 is 0. The van der Waals surface area contributed by atoms with E-state index in [1.54, 1.807) is 16.7 Å². The van der Waals surface area contributed by atoms with E-state index in [0.717, 1.165) is 71.2 Å². The second-order valence-corrected chi connectivity index (χ2v) is 7.42.